The van der Waals surface area contributed by atoms with Gasteiger partial charge in [-0.05, 0) is 49.1 Å². The maximum atomic E-state index is 11.9. The smallest absolute Gasteiger partial charge is 0.363 e. The highest BCUT2D eigenvalue weighted by atomic mass is 32.1. The summed E-state index contributed by atoms with van der Waals surface area (Å²) in [5, 5.41) is 1.99. The Hall–Kier alpha value is -2.20. The molecule has 100 valence electrons. The number of nitrogens with zero attached hydrogens (tertiary/aromatic N) is 1. The molecule has 0 spiro atoms. The van der Waals surface area contributed by atoms with Crippen molar-refractivity contribution >= 4 is 29.3 Å². The predicted octanol–water partition coefficient (Wildman–Crippen LogP) is 3.71. The largest absolute Gasteiger partial charge is 0.402 e. The molecule has 0 fully saturated rings. The molecule has 3 rings (SSSR count). The molecule has 0 bridgehead atoms. The van der Waals surface area contributed by atoms with Gasteiger partial charge in [-0.25, -0.2) is 9.79 Å². The Balaban J connectivity index is 1.95. The minimum Gasteiger partial charge on any atom is -0.402 e. The fraction of sp³-hybridized carbons (Fsp3) is 0.125. The third-order valence-corrected chi connectivity index (χ3v) is 4.05. The van der Waals surface area contributed by atoms with E-state index in [1.165, 1.54) is 0 Å². The van der Waals surface area contributed by atoms with Gasteiger partial charge in [0, 0.05) is 10.4 Å². The molecule has 0 N–H and O–H groups in total. The maximum Gasteiger partial charge on any atom is 0.363 e. The molecule has 0 unspecified atom stereocenters. The van der Waals surface area contributed by atoms with Crippen LogP contribution in [-0.2, 0) is 9.53 Å². The Morgan fingerprint density at radius 3 is 2.55 bits per heavy atom. The van der Waals surface area contributed by atoms with Crippen molar-refractivity contribution in [2.24, 2.45) is 4.99 Å². The fourth-order valence-electron chi connectivity index (χ4n) is 1.89. The van der Waals surface area contributed by atoms with E-state index in [1.54, 1.807) is 17.4 Å². The number of esters is 1. The third kappa shape index (κ3) is 2.42. The Morgan fingerprint density at radius 2 is 1.90 bits per heavy atom. The standard InChI is InChI=1S/C16H13NO2S/c1-10-3-5-12(6-4-10)15-17-13(16(18)19-15)9-14-11(2)7-8-20-14/h3-9H,1-2H3. The van der Waals surface area contributed by atoms with E-state index in [2.05, 4.69) is 4.99 Å². The van der Waals surface area contributed by atoms with Gasteiger partial charge in [0.05, 0.1) is 0 Å². The molecule has 1 aliphatic rings. The van der Waals surface area contributed by atoms with Crippen LogP contribution in [0.2, 0.25) is 0 Å². The number of aryl methyl sites for hydroxylation is 2. The van der Waals surface area contributed by atoms with Crippen LogP contribution in [-0.4, -0.2) is 11.9 Å². The molecule has 1 aromatic heterocycles. The lowest BCUT2D eigenvalue weighted by Crippen LogP contribution is -2.05. The van der Waals surface area contributed by atoms with Gasteiger partial charge >= 0.3 is 5.97 Å². The van der Waals surface area contributed by atoms with Crippen LogP contribution < -0.4 is 0 Å². The number of carbonyl (C=O) groups excluding carboxylic acids is 1. The van der Waals surface area contributed by atoms with E-state index in [0.717, 1.165) is 21.6 Å². The van der Waals surface area contributed by atoms with E-state index >= 15 is 0 Å². The quantitative estimate of drug-likeness (QED) is 0.622. The molecule has 0 aliphatic carbocycles. The van der Waals surface area contributed by atoms with Gasteiger partial charge in [-0.1, -0.05) is 17.7 Å². The van der Waals surface area contributed by atoms with Crippen molar-refractivity contribution in [3.8, 4) is 0 Å². The molecule has 3 nitrogen and oxygen atoms in total. The number of hydrogen-bond acceptors (Lipinski definition) is 4. The predicted molar refractivity (Wildman–Crippen MR) is 80.8 cm³/mol. The summed E-state index contributed by atoms with van der Waals surface area (Å²) >= 11 is 1.58. The fourth-order valence-corrected chi connectivity index (χ4v) is 2.74. The Kier molecular flexibility index (Phi) is 3.24. The van der Waals surface area contributed by atoms with E-state index in [9.17, 15) is 4.79 Å². The third-order valence-electron chi connectivity index (χ3n) is 3.09. The monoisotopic (exact) mass is 283 g/mol. The highest BCUT2D eigenvalue weighted by molar-refractivity contribution is 7.11. The van der Waals surface area contributed by atoms with Crippen LogP contribution in [0.4, 0.5) is 0 Å². The molecule has 1 aliphatic heterocycles. The molecule has 0 atom stereocenters. The number of cyclic esters (lactones) is 1. The van der Waals surface area contributed by atoms with Crippen LogP contribution in [0.5, 0.6) is 0 Å². The first-order valence-electron chi connectivity index (χ1n) is 6.27. The lowest BCUT2D eigenvalue weighted by Gasteiger charge is -1.99. The minimum absolute atomic E-state index is 0.353. The summed E-state index contributed by atoms with van der Waals surface area (Å²) in [7, 11) is 0. The Labute approximate surface area is 121 Å². The van der Waals surface area contributed by atoms with Crippen molar-refractivity contribution in [1.82, 2.24) is 0 Å². The van der Waals surface area contributed by atoms with Gasteiger partial charge in [-0.2, -0.15) is 0 Å². The van der Waals surface area contributed by atoms with Gasteiger partial charge < -0.3 is 4.74 Å². The summed E-state index contributed by atoms with van der Waals surface area (Å²) in [4.78, 5) is 17.2. The molecule has 2 heterocycles. The normalized spacial score (nSPS) is 16.4. The van der Waals surface area contributed by atoms with Gasteiger partial charge in [0.25, 0.3) is 0 Å². The van der Waals surface area contributed by atoms with Gasteiger partial charge in [0.1, 0.15) is 0 Å². The molecular formula is C16H13NO2S. The summed E-state index contributed by atoms with van der Waals surface area (Å²) in [6.45, 7) is 4.02. The highest BCUT2D eigenvalue weighted by Crippen LogP contribution is 2.23. The molecule has 0 saturated heterocycles. The van der Waals surface area contributed by atoms with Crippen LogP contribution in [0.3, 0.4) is 0 Å². The van der Waals surface area contributed by atoms with Gasteiger partial charge in [0.15, 0.2) is 5.70 Å². The number of rotatable bonds is 2. The van der Waals surface area contributed by atoms with Gasteiger partial charge in [-0.15, -0.1) is 11.3 Å². The number of aliphatic imine (C=N–C) groups is 1. The summed E-state index contributed by atoms with van der Waals surface area (Å²) in [6, 6.07) is 9.76. The number of ether oxygens (including phenoxy) is 1. The van der Waals surface area contributed by atoms with E-state index in [1.807, 2.05) is 49.6 Å². The average molecular weight is 283 g/mol. The van der Waals surface area contributed by atoms with Crippen molar-refractivity contribution in [1.29, 1.82) is 0 Å². The van der Waals surface area contributed by atoms with Gasteiger partial charge in [0.2, 0.25) is 5.90 Å². The van der Waals surface area contributed by atoms with E-state index in [4.69, 9.17) is 4.74 Å². The lowest BCUT2D eigenvalue weighted by molar-refractivity contribution is -0.129. The maximum absolute atomic E-state index is 11.9. The second-order valence-electron chi connectivity index (χ2n) is 4.67. The van der Waals surface area contributed by atoms with Crippen LogP contribution in [0.15, 0.2) is 46.4 Å². The van der Waals surface area contributed by atoms with Crippen molar-refractivity contribution in [3.05, 3.63) is 63.0 Å². The van der Waals surface area contributed by atoms with E-state index in [-0.39, 0.29) is 0 Å². The zero-order valence-electron chi connectivity index (χ0n) is 11.2. The number of carbonyl (C=O) groups is 1. The molecule has 0 amide bonds. The van der Waals surface area contributed by atoms with Crippen molar-refractivity contribution in [2.45, 2.75) is 13.8 Å². The van der Waals surface area contributed by atoms with Crippen LogP contribution >= 0.6 is 11.3 Å². The molecular weight excluding hydrogens is 270 g/mol. The highest BCUT2D eigenvalue weighted by Gasteiger charge is 2.24. The Bertz CT molecular complexity index is 723. The zero-order valence-corrected chi connectivity index (χ0v) is 12.0. The van der Waals surface area contributed by atoms with Crippen molar-refractivity contribution in [2.75, 3.05) is 0 Å². The Morgan fingerprint density at radius 1 is 1.15 bits per heavy atom. The van der Waals surface area contributed by atoms with Crippen molar-refractivity contribution < 1.29 is 9.53 Å². The molecule has 0 radical (unpaired) electrons. The first kappa shape index (κ1) is 12.8. The summed E-state index contributed by atoms with van der Waals surface area (Å²) in [5.41, 5.74) is 3.46. The number of thiophene rings is 1. The van der Waals surface area contributed by atoms with Gasteiger partial charge in [-0.3, -0.25) is 0 Å². The molecule has 4 heteroatoms. The topological polar surface area (TPSA) is 38.7 Å². The molecule has 0 saturated carbocycles. The number of hydrogen-bond donors (Lipinski definition) is 0. The lowest BCUT2D eigenvalue weighted by atomic mass is 10.1. The van der Waals surface area contributed by atoms with Crippen molar-refractivity contribution in [3.63, 3.8) is 0 Å². The zero-order chi connectivity index (χ0) is 14.1. The van der Waals surface area contributed by atoms with E-state index < -0.39 is 5.97 Å². The first-order chi connectivity index (χ1) is 9.63. The first-order valence-corrected chi connectivity index (χ1v) is 7.15. The van der Waals surface area contributed by atoms with Crippen LogP contribution in [0.1, 0.15) is 21.6 Å². The second kappa shape index (κ2) is 5.06. The SMILES string of the molecule is Cc1ccc(C2=NC(=Cc3sccc3C)C(=O)O2)cc1. The minimum atomic E-state index is -0.395. The number of benzene rings is 1. The summed E-state index contributed by atoms with van der Waals surface area (Å²) < 4.78 is 5.24. The van der Waals surface area contributed by atoms with Crippen LogP contribution in [0.25, 0.3) is 6.08 Å². The summed E-state index contributed by atoms with van der Waals surface area (Å²) in [5.74, 6) is -0.0242. The molecule has 20 heavy (non-hydrogen) atoms. The average Bonchev–Trinajstić information content (AvgIpc) is 2.99. The molecule has 2 aromatic rings. The second-order valence-corrected chi connectivity index (χ2v) is 5.62. The summed E-state index contributed by atoms with van der Waals surface area (Å²) in [6.07, 6.45) is 1.78. The van der Waals surface area contributed by atoms with Crippen LogP contribution in [0, 0.1) is 13.8 Å². The molecule has 1 aromatic carbocycles. The van der Waals surface area contributed by atoms with E-state index in [0.29, 0.717) is 11.6 Å².